The molecule has 8 heteroatoms. The summed E-state index contributed by atoms with van der Waals surface area (Å²) >= 11 is 5.89. The number of likely N-dealkylation sites (N-methyl/N-ethyl adjacent to an activating group) is 1. The average molecular weight is 330 g/mol. The van der Waals surface area contributed by atoms with E-state index in [0.29, 0.717) is 6.54 Å². The molecule has 0 fully saturated rings. The van der Waals surface area contributed by atoms with Crippen molar-refractivity contribution in [1.29, 1.82) is 5.26 Å². The fraction of sp³-hybridized carbons (Fsp3) is 0.385. The summed E-state index contributed by atoms with van der Waals surface area (Å²) in [6.07, 6.45) is 0.762. The van der Waals surface area contributed by atoms with Crippen molar-refractivity contribution in [3.05, 3.63) is 28.8 Å². The third-order valence-electron chi connectivity index (χ3n) is 2.69. The van der Waals surface area contributed by atoms with E-state index in [2.05, 4.69) is 5.32 Å². The molecule has 0 saturated carbocycles. The number of benzene rings is 1. The van der Waals surface area contributed by atoms with Crippen LogP contribution in [0.4, 0.5) is 0 Å². The Bertz CT molecular complexity index is 668. The van der Waals surface area contributed by atoms with Crippen molar-refractivity contribution < 1.29 is 13.2 Å². The van der Waals surface area contributed by atoms with E-state index in [-0.39, 0.29) is 22.0 Å². The molecule has 0 bridgehead atoms. The number of rotatable bonds is 6. The highest BCUT2D eigenvalue weighted by atomic mass is 35.5. The molecule has 0 aromatic heterocycles. The third-order valence-corrected chi connectivity index (χ3v) is 4.97. The van der Waals surface area contributed by atoms with Gasteiger partial charge in [-0.05, 0) is 24.6 Å². The van der Waals surface area contributed by atoms with Crippen molar-refractivity contribution in [3.63, 3.8) is 0 Å². The fourth-order valence-corrected chi connectivity index (χ4v) is 3.17. The van der Waals surface area contributed by atoms with Gasteiger partial charge >= 0.3 is 0 Å². The number of nitrogens with one attached hydrogen (secondary N) is 1. The summed E-state index contributed by atoms with van der Waals surface area (Å²) in [5.74, 6) is -0.393. The number of amides is 1. The second-order valence-corrected chi connectivity index (χ2v) is 6.79. The number of halogens is 1. The van der Waals surface area contributed by atoms with Crippen LogP contribution >= 0.6 is 11.6 Å². The van der Waals surface area contributed by atoms with E-state index in [4.69, 9.17) is 16.9 Å². The van der Waals surface area contributed by atoms with Gasteiger partial charge in [0.1, 0.15) is 4.90 Å². The molecule has 0 aliphatic carbocycles. The van der Waals surface area contributed by atoms with E-state index >= 15 is 0 Å². The van der Waals surface area contributed by atoms with Gasteiger partial charge in [0, 0.05) is 13.6 Å². The van der Waals surface area contributed by atoms with Crippen molar-refractivity contribution in [2.75, 3.05) is 20.1 Å². The smallest absolute Gasteiger partial charge is 0.244 e. The number of hydrogen-bond donors (Lipinski definition) is 1. The van der Waals surface area contributed by atoms with Gasteiger partial charge in [-0.2, -0.15) is 9.57 Å². The molecule has 1 aromatic rings. The van der Waals surface area contributed by atoms with Gasteiger partial charge in [-0.15, -0.1) is 0 Å². The van der Waals surface area contributed by atoms with Crippen LogP contribution in [-0.2, 0) is 14.8 Å². The van der Waals surface area contributed by atoms with Gasteiger partial charge in [0.25, 0.3) is 0 Å². The minimum absolute atomic E-state index is 0.00909. The van der Waals surface area contributed by atoms with Crippen LogP contribution in [0.2, 0.25) is 5.02 Å². The van der Waals surface area contributed by atoms with Gasteiger partial charge < -0.3 is 5.32 Å². The number of nitrogens with zero attached hydrogens (tertiary/aromatic N) is 2. The van der Waals surface area contributed by atoms with Crippen molar-refractivity contribution in [3.8, 4) is 6.07 Å². The van der Waals surface area contributed by atoms with Gasteiger partial charge in [-0.1, -0.05) is 18.5 Å². The molecule has 6 nitrogen and oxygen atoms in total. The number of hydrogen-bond acceptors (Lipinski definition) is 4. The lowest BCUT2D eigenvalue weighted by Gasteiger charge is -2.17. The van der Waals surface area contributed by atoms with Crippen LogP contribution in [-0.4, -0.2) is 38.8 Å². The Morgan fingerprint density at radius 3 is 2.71 bits per heavy atom. The molecule has 0 heterocycles. The molecule has 0 unspecified atom stereocenters. The van der Waals surface area contributed by atoms with E-state index in [1.807, 2.05) is 13.0 Å². The van der Waals surface area contributed by atoms with E-state index in [1.165, 1.54) is 25.2 Å². The molecular weight excluding hydrogens is 314 g/mol. The zero-order chi connectivity index (χ0) is 16.0. The standard InChI is InChI=1S/C13H16ClN3O3S/c1-3-6-16-13(18)9-17(2)21(19,20)12-7-10(8-15)4-5-11(12)14/h4-5,7H,3,6,9H2,1-2H3,(H,16,18). The molecule has 1 amide bonds. The minimum Gasteiger partial charge on any atom is -0.355 e. The molecule has 1 rings (SSSR count). The van der Waals surface area contributed by atoms with Crippen LogP contribution in [0.25, 0.3) is 0 Å². The second kappa shape index (κ2) is 7.41. The first-order valence-electron chi connectivity index (χ1n) is 6.25. The maximum absolute atomic E-state index is 12.4. The number of nitriles is 1. The molecule has 21 heavy (non-hydrogen) atoms. The highest BCUT2D eigenvalue weighted by Gasteiger charge is 2.25. The van der Waals surface area contributed by atoms with Crippen molar-refractivity contribution in [1.82, 2.24) is 9.62 Å². The second-order valence-electron chi connectivity index (χ2n) is 4.37. The minimum atomic E-state index is -3.93. The van der Waals surface area contributed by atoms with Crippen LogP contribution in [0.15, 0.2) is 23.1 Å². The quantitative estimate of drug-likeness (QED) is 0.853. The molecule has 1 aromatic carbocycles. The van der Waals surface area contributed by atoms with E-state index < -0.39 is 15.9 Å². The number of sulfonamides is 1. The predicted molar refractivity (Wildman–Crippen MR) is 79.3 cm³/mol. The SMILES string of the molecule is CCCNC(=O)CN(C)S(=O)(=O)c1cc(C#N)ccc1Cl. The zero-order valence-electron chi connectivity index (χ0n) is 11.8. The lowest BCUT2D eigenvalue weighted by molar-refractivity contribution is -0.121. The Hall–Kier alpha value is -1.62. The van der Waals surface area contributed by atoms with Crippen LogP contribution in [0.1, 0.15) is 18.9 Å². The predicted octanol–water partition coefficient (Wildman–Crippen LogP) is 1.36. The third kappa shape index (κ3) is 4.43. The summed E-state index contributed by atoms with van der Waals surface area (Å²) in [6, 6.07) is 5.82. The summed E-state index contributed by atoms with van der Waals surface area (Å²) in [5, 5.41) is 11.4. The molecule has 1 N–H and O–H groups in total. The fourth-order valence-electron chi connectivity index (χ4n) is 1.55. The van der Waals surface area contributed by atoms with Gasteiger partial charge in [-0.25, -0.2) is 8.42 Å². The van der Waals surface area contributed by atoms with Gasteiger partial charge in [-0.3, -0.25) is 4.79 Å². The Morgan fingerprint density at radius 2 is 2.14 bits per heavy atom. The molecule has 0 aliphatic heterocycles. The van der Waals surface area contributed by atoms with Crippen LogP contribution in [0.3, 0.4) is 0 Å². The first-order chi connectivity index (χ1) is 9.82. The van der Waals surface area contributed by atoms with Crippen LogP contribution < -0.4 is 5.32 Å². The van der Waals surface area contributed by atoms with Crippen molar-refractivity contribution in [2.24, 2.45) is 0 Å². The monoisotopic (exact) mass is 329 g/mol. The summed E-state index contributed by atoms with van der Waals surface area (Å²) < 4.78 is 25.7. The van der Waals surface area contributed by atoms with Crippen molar-refractivity contribution in [2.45, 2.75) is 18.2 Å². The summed E-state index contributed by atoms with van der Waals surface area (Å²) in [7, 11) is -2.64. The first kappa shape index (κ1) is 17.4. The Morgan fingerprint density at radius 1 is 1.48 bits per heavy atom. The molecule has 114 valence electrons. The highest BCUT2D eigenvalue weighted by Crippen LogP contribution is 2.24. The summed E-state index contributed by atoms with van der Waals surface area (Å²) in [4.78, 5) is 11.4. The van der Waals surface area contributed by atoms with Crippen LogP contribution in [0, 0.1) is 11.3 Å². The maximum Gasteiger partial charge on any atom is 0.244 e. The highest BCUT2D eigenvalue weighted by molar-refractivity contribution is 7.89. The topological polar surface area (TPSA) is 90.3 Å². The van der Waals surface area contributed by atoms with E-state index in [1.54, 1.807) is 0 Å². The molecule has 0 spiro atoms. The normalized spacial score (nSPS) is 11.2. The Balaban J connectivity index is 3.00. The van der Waals surface area contributed by atoms with E-state index in [9.17, 15) is 13.2 Å². The maximum atomic E-state index is 12.4. The molecule has 0 aliphatic rings. The Labute approximate surface area is 129 Å². The summed E-state index contributed by atoms with van der Waals surface area (Å²) in [5.41, 5.74) is 0.182. The zero-order valence-corrected chi connectivity index (χ0v) is 13.3. The number of carbonyl (C=O) groups excluding carboxylic acids is 1. The van der Waals surface area contributed by atoms with Gasteiger partial charge in [0.2, 0.25) is 15.9 Å². The number of carbonyl (C=O) groups is 1. The average Bonchev–Trinajstić information content (AvgIpc) is 2.45. The first-order valence-corrected chi connectivity index (χ1v) is 8.07. The van der Waals surface area contributed by atoms with Gasteiger partial charge in [0.15, 0.2) is 0 Å². The molecular formula is C13H16ClN3O3S. The Kier molecular flexibility index (Phi) is 6.15. The van der Waals surface area contributed by atoms with Crippen LogP contribution in [0.5, 0.6) is 0 Å². The lowest BCUT2D eigenvalue weighted by Crippen LogP contribution is -2.38. The lowest BCUT2D eigenvalue weighted by atomic mass is 10.2. The molecule has 0 saturated heterocycles. The molecule has 0 atom stereocenters. The van der Waals surface area contributed by atoms with E-state index in [0.717, 1.165) is 10.7 Å². The summed E-state index contributed by atoms with van der Waals surface area (Å²) in [6.45, 7) is 2.07. The van der Waals surface area contributed by atoms with Gasteiger partial charge in [0.05, 0.1) is 23.2 Å². The molecule has 0 radical (unpaired) electrons. The van der Waals surface area contributed by atoms with Crippen molar-refractivity contribution >= 4 is 27.5 Å². The largest absolute Gasteiger partial charge is 0.355 e.